The summed E-state index contributed by atoms with van der Waals surface area (Å²) in [5.41, 5.74) is 1.54. The average Bonchev–Trinajstić information content (AvgIpc) is 2.45. The first-order chi connectivity index (χ1) is 7.97. The van der Waals surface area contributed by atoms with Crippen LogP contribution >= 0.6 is 0 Å². The molecule has 0 bridgehead atoms. The van der Waals surface area contributed by atoms with Crippen molar-refractivity contribution < 1.29 is 0 Å². The summed E-state index contributed by atoms with van der Waals surface area (Å²) in [6.45, 7) is 12.0. The van der Waals surface area contributed by atoms with Gasteiger partial charge in [-0.1, -0.05) is 71.9 Å². The Morgan fingerprint density at radius 2 is 1.56 bits per heavy atom. The van der Waals surface area contributed by atoms with E-state index in [1.165, 1.54) is 24.8 Å². The van der Waals surface area contributed by atoms with Gasteiger partial charge in [-0.3, -0.25) is 0 Å². The summed E-state index contributed by atoms with van der Waals surface area (Å²) >= 11 is 0. The third-order valence-corrected chi connectivity index (χ3v) is 2.27. The Morgan fingerprint density at radius 1 is 0.938 bits per heavy atom. The predicted octanol–water partition coefficient (Wildman–Crippen LogP) is 5.92. The molecular weight excluding hydrogens is 192 g/mol. The molecule has 1 atom stereocenters. The van der Waals surface area contributed by atoms with E-state index in [0.29, 0.717) is 0 Å². The van der Waals surface area contributed by atoms with E-state index < -0.39 is 0 Å². The highest BCUT2D eigenvalue weighted by molar-refractivity contribution is 5.33. The van der Waals surface area contributed by atoms with Crippen molar-refractivity contribution >= 4 is 0 Å². The van der Waals surface area contributed by atoms with Crippen molar-refractivity contribution in [2.75, 3.05) is 0 Å². The Bertz CT molecular complexity index is 206. The van der Waals surface area contributed by atoms with Crippen molar-refractivity contribution in [2.45, 2.75) is 60.8 Å². The molecule has 0 aromatic heterocycles. The molecule has 0 aromatic carbocycles. The van der Waals surface area contributed by atoms with Gasteiger partial charge in [0, 0.05) is 5.92 Å². The van der Waals surface area contributed by atoms with Crippen LogP contribution in [0.4, 0.5) is 0 Å². The topological polar surface area (TPSA) is 0 Å². The number of fused-ring (bicyclic) bond motifs is 1. The summed E-state index contributed by atoms with van der Waals surface area (Å²) in [5.74, 6) is 0.749. The standard InChI is InChI=1S/C10H12.3C2H6/c1-2-6-10-8-4-3-7-9(10)5-1;3*1-2/h1-2,5-7,10H,3-4,8H2;3*1-2H3. The van der Waals surface area contributed by atoms with Gasteiger partial charge < -0.3 is 0 Å². The summed E-state index contributed by atoms with van der Waals surface area (Å²) in [5, 5.41) is 0. The molecule has 1 unspecified atom stereocenters. The van der Waals surface area contributed by atoms with Crippen LogP contribution in [-0.2, 0) is 0 Å². The molecule has 2 aliphatic carbocycles. The summed E-state index contributed by atoms with van der Waals surface area (Å²) in [4.78, 5) is 0. The molecule has 94 valence electrons. The number of rotatable bonds is 0. The van der Waals surface area contributed by atoms with Gasteiger partial charge >= 0.3 is 0 Å². The van der Waals surface area contributed by atoms with Gasteiger partial charge in [-0.05, 0) is 24.8 Å². The second-order valence-electron chi connectivity index (χ2n) is 2.99. The molecule has 0 saturated carbocycles. The van der Waals surface area contributed by atoms with Crippen LogP contribution in [-0.4, -0.2) is 0 Å². The quantitative estimate of drug-likeness (QED) is 0.477. The summed E-state index contributed by atoms with van der Waals surface area (Å²) in [6.07, 6.45) is 15.2. The maximum absolute atomic E-state index is 2.37. The second kappa shape index (κ2) is 14.2. The van der Waals surface area contributed by atoms with Crippen LogP contribution < -0.4 is 0 Å². The molecule has 0 amide bonds. The minimum atomic E-state index is 0.749. The van der Waals surface area contributed by atoms with Gasteiger partial charge in [-0.25, -0.2) is 0 Å². The van der Waals surface area contributed by atoms with Crippen molar-refractivity contribution in [3.8, 4) is 0 Å². The van der Waals surface area contributed by atoms with Crippen molar-refractivity contribution in [1.29, 1.82) is 0 Å². The van der Waals surface area contributed by atoms with Gasteiger partial charge in [0.2, 0.25) is 0 Å². The Kier molecular flexibility index (Phi) is 15.7. The maximum Gasteiger partial charge on any atom is 0.00180 e. The normalized spacial score (nSPS) is 19.6. The molecule has 2 rings (SSSR count). The van der Waals surface area contributed by atoms with E-state index >= 15 is 0 Å². The van der Waals surface area contributed by atoms with Gasteiger partial charge in [-0.15, -0.1) is 0 Å². The third-order valence-electron chi connectivity index (χ3n) is 2.27. The van der Waals surface area contributed by atoms with E-state index in [1.807, 2.05) is 41.5 Å². The summed E-state index contributed by atoms with van der Waals surface area (Å²) in [7, 11) is 0. The van der Waals surface area contributed by atoms with E-state index in [2.05, 4.69) is 30.4 Å². The largest absolute Gasteiger partial charge is 0.0807 e. The van der Waals surface area contributed by atoms with Gasteiger partial charge in [0.15, 0.2) is 0 Å². The van der Waals surface area contributed by atoms with Gasteiger partial charge in [0.1, 0.15) is 0 Å². The molecule has 2 aliphatic rings. The van der Waals surface area contributed by atoms with Crippen LogP contribution in [0.15, 0.2) is 36.0 Å². The Morgan fingerprint density at radius 3 is 2.12 bits per heavy atom. The second-order valence-corrected chi connectivity index (χ2v) is 2.99. The lowest BCUT2D eigenvalue weighted by Crippen LogP contribution is -2.05. The number of hydrogen-bond donors (Lipinski definition) is 0. The maximum atomic E-state index is 2.37. The molecule has 0 heteroatoms. The molecule has 0 N–H and O–H groups in total. The molecular formula is C16H30. The van der Waals surface area contributed by atoms with E-state index in [-0.39, 0.29) is 0 Å². The minimum absolute atomic E-state index is 0.749. The molecule has 0 aliphatic heterocycles. The molecule has 0 aromatic rings. The van der Waals surface area contributed by atoms with E-state index in [1.54, 1.807) is 0 Å². The fourth-order valence-corrected chi connectivity index (χ4v) is 1.69. The minimum Gasteiger partial charge on any atom is -0.0807 e. The van der Waals surface area contributed by atoms with E-state index in [4.69, 9.17) is 0 Å². The van der Waals surface area contributed by atoms with Crippen LogP contribution in [0.3, 0.4) is 0 Å². The molecule has 0 radical (unpaired) electrons. The van der Waals surface area contributed by atoms with Gasteiger partial charge in [0.25, 0.3) is 0 Å². The molecule has 0 spiro atoms. The van der Waals surface area contributed by atoms with Crippen molar-refractivity contribution in [3.63, 3.8) is 0 Å². The zero-order valence-electron chi connectivity index (χ0n) is 12.1. The zero-order valence-corrected chi connectivity index (χ0v) is 12.1. The third kappa shape index (κ3) is 6.66. The Hall–Kier alpha value is -0.780. The smallest absolute Gasteiger partial charge is 0.00180 e. The highest BCUT2D eigenvalue weighted by Crippen LogP contribution is 2.28. The van der Waals surface area contributed by atoms with E-state index in [0.717, 1.165) is 5.92 Å². The number of hydrogen-bond acceptors (Lipinski definition) is 0. The molecule has 0 fully saturated rings. The molecule has 0 heterocycles. The highest BCUT2D eigenvalue weighted by Gasteiger charge is 2.13. The zero-order chi connectivity index (χ0) is 12.8. The fraction of sp³-hybridized carbons (Fsp3) is 0.625. The summed E-state index contributed by atoms with van der Waals surface area (Å²) < 4.78 is 0. The van der Waals surface area contributed by atoms with Crippen LogP contribution in [0, 0.1) is 5.92 Å². The monoisotopic (exact) mass is 222 g/mol. The molecule has 0 saturated heterocycles. The first-order valence-corrected chi connectivity index (χ1v) is 7.02. The van der Waals surface area contributed by atoms with Crippen molar-refractivity contribution in [3.05, 3.63) is 36.0 Å². The Labute approximate surface area is 103 Å². The van der Waals surface area contributed by atoms with Crippen molar-refractivity contribution in [1.82, 2.24) is 0 Å². The lowest BCUT2D eigenvalue weighted by Gasteiger charge is -2.20. The molecule has 16 heavy (non-hydrogen) atoms. The Balaban J connectivity index is 0. The van der Waals surface area contributed by atoms with Crippen molar-refractivity contribution in [2.24, 2.45) is 5.92 Å². The fourth-order valence-electron chi connectivity index (χ4n) is 1.69. The average molecular weight is 222 g/mol. The lowest BCUT2D eigenvalue weighted by molar-refractivity contribution is 0.607. The van der Waals surface area contributed by atoms with Gasteiger partial charge in [0.05, 0.1) is 0 Å². The van der Waals surface area contributed by atoms with Crippen LogP contribution in [0.1, 0.15) is 60.8 Å². The SMILES string of the molecule is C1=CC2=CCCCC2C=C1.CC.CC.CC. The lowest BCUT2D eigenvalue weighted by atomic mass is 9.85. The highest BCUT2D eigenvalue weighted by atomic mass is 14.2. The van der Waals surface area contributed by atoms with Crippen LogP contribution in [0.25, 0.3) is 0 Å². The predicted molar refractivity (Wildman–Crippen MR) is 77.7 cm³/mol. The first-order valence-electron chi connectivity index (χ1n) is 7.02. The van der Waals surface area contributed by atoms with E-state index in [9.17, 15) is 0 Å². The summed E-state index contributed by atoms with van der Waals surface area (Å²) in [6, 6.07) is 0. The molecule has 0 nitrogen and oxygen atoms in total. The van der Waals surface area contributed by atoms with Crippen LogP contribution in [0.5, 0.6) is 0 Å². The first kappa shape index (κ1) is 17.6. The van der Waals surface area contributed by atoms with Gasteiger partial charge in [-0.2, -0.15) is 0 Å². The number of allylic oxidation sites excluding steroid dienone is 6. The van der Waals surface area contributed by atoms with Crippen LogP contribution in [0.2, 0.25) is 0 Å².